The van der Waals surface area contributed by atoms with Gasteiger partial charge >= 0.3 is 5.97 Å². The van der Waals surface area contributed by atoms with Crippen LogP contribution in [0, 0.1) is 10.1 Å². The maximum absolute atomic E-state index is 13.0. The van der Waals surface area contributed by atoms with Crippen LogP contribution in [0.15, 0.2) is 48.5 Å². The Bertz CT molecular complexity index is 905. The molecule has 1 saturated carbocycles. The second-order valence-corrected chi connectivity index (χ2v) is 7.35. The number of ether oxygens (including phenoxy) is 1. The molecule has 0 unspecified atom stereocenters. The van der Waals surface area contributed by atoms with Crippen molar-refractivity contribution in [2.75, 3.05) is 14.2 Å². The molecule has 1 aliphatic rings. The Morgan fingerprint density at radius 2 is 1.66 bits per heavy atom. The summed E-state index contributed by atoms with van der Waals surface area (Å²) in [6, 6.07) is 14.1. The monoisotopic (exact) mass is 396 g/mol. The van der Waals surface area contributed by atoms with Gasteiger partial charge in [-0.15, -0.1) is 0 Å². The molecule has 0 aliphatic heterocycles. The van der Waals surface area contributed by atoms with E-state index in [1.807, 2.05) is 18.2 Å². The molecular formula is C22H24N2O5. The van der Waals surface area contributed by atoms with Gasteiger partial charge < -0.3 is 9.64 Å². The van der Waals surface area contributed by atoms with Crippen molar-refractivity contribution in [2.24, 2.45) is 0 Å². The maximum Gasteiger partial charge on any atom is 0.338 e. The SMILES string of the molecule is COC(=O)c1cc(C(=O)N(C)C2CCC(c3ccccc3)CC2)cc([N+](=O)[O-])c1. The molecule has 0 spiro atoms. The molecular weight excluding hydrogens is 372 g/mol. The molecule has 0 saturated heterocycles. The zero-order chi connectivity index (χ0) is 21.0. The van der Waals surface area contributed by atoms with Crippen LogP contribution >= 0.6 is 0 Å². The summed E-state index contributed by atoms with van der Waals surface area (Å²) in [5, 5.41) is 11.2. The third kappa shape index (κ3) is 4.62. The van der Waals surface area contributed by atoms with E-state index in [0.717, 1.165) is 31.7 Å². The lowest BCUT2D eigenvalue weighted by atomic mass is 9.81. The summed E-state index contributed by atoms with van der Waals surface area (Å²) in [7, 11) is 2.91. The number of benzene rings is 2. The zero-order valence-corrected chi connectivity index (χ0v) is 16.5. The number of methoxy groups -OCH3 is 1. The number of carbonyl (C=O) groups is 2. The van der Waals surface area contributed by atoms with Gasteiger partial charge in [0.2, 0.25) is 0 Å². The van der Waals surface area contributed by atoms with Gasteiger partial charge in [0.15, 0.2) is 0 Å². The van der Waals surface area contributed by atoms with E-state index in [9.17, 15) is 19.7 Å². The van der Waals surface area contributed by atoms with Crippen LogP contribution < -0.4 is 0 Å². The number of hydrogen-bond donors (Lipinski definition) is 0. The van der Waals surface area contributed by atoms with Crippen molar-refractivity contribution in [3.05, 3.63) is 75.3 Å². The van der Waals surface area contributed by atoms with E-state index in [0.29, 0.717) is 5.92 Å². The number of nitro groups is 1. The van der Waals surface area contributed by atoms with Crippen molar-refractivity contribution in [2.45, 2.75) is 37.6 Å². The number of non-ortho nitro benzene ring substituents is 1. The molecule has 1 fully saturated rings. The smallest absolute Gasteiger partial charge is 0.338 e. The Labute approximate surface area is 169 Å². The first-order valence-electron chi connectivity index (χ1n) is 9.60. The molecule has 0 N–H and O–H groups in total. The van der Waals surface area contributed by atoms with E-state index in [2.05, 4.69) is 16.9 Å². The summed E-state index contributed by atoms with van der Waals surface area (Å²) in [5.41, 5.74) is 1.12. The number of amides is 1. The molecule has 0 heterocycles. The largest absolute Gasteiger partial charge is 0.465 e. The van der Waals surface area contributed by atoms with Gasteiger partial charge in [-0.25, -0.2) is 4.79 Å². The van der Waals surface area contributed by atoms with Crippen LogP contribution in [0.4, 0.5) is 5.69 Å². The Morgan fingerprint density at radius 1 is 1.03 bits per heavy atom. The molecule has 29 heavy (non-hydrogen) atoms. The molecule has 2 aromatic carbocycles. The van der Waals surface area contributed by atoms with Crippen LogP contribution in [0.5, 0.6) is 0 Å². The fraction of sp³-hybridized carbons (Fsp3) is 0.364. The average molecular weight is 396 g/mol. The molecule has 0 atom stereocenters. The van der Waals surface area contributed by atoms with Crippen LogP contribution in [0.1, 0.15) is 57.9 Å². The van der Waals surface area contributed by atoms with Crippen LogP contribution in [-0.2, 0) is 4.74 Å². The number of rotatable bonds is 5. The van der Waals surface area contributed by atoms with Crippen molar-refractivity contribution in [1.29, 1.82) is 0 Å². The maximum atomic E-state index is 13.0. The van der Waals surface area contributed by atoms with Gasteiger partial charge in [-0.3, -0.25) is 14.9 Å². The van der Waals surface area contributed by atoms with Gasteiger partial charge in [0.25, 0.3) is 11.6 Å². The summed E-state index contributed by atoms with van der Waals surface area (Å²) in [5.74, 6) is -0.560. The highest BCUT2D eigenvalue weighted by Gasteiger charge is 2.29. The summed E-state index contributed by atoms with van der Waals surface area (Å²) in [6.45, 7) is 0. The first-order valence-corrected chi connectivity index (χ1v) is 9.60. The lowest BCUT2D eigenvalue weighted by Crippen LogP contribution is -2.39. The van der Waals surface area contributed by atoms with Crippen molar-refractivity contribution >= 4 is 17.6 Å². The fourth-order valence-corrected chi connectivity index (χ4v) is 3.97. The van der Waals surface area contributed by atoms with Gasteiger partial charge in [-0.1, -0.05) is 30.3 Å². The number of esters is 1. The number of nitro benzene ring substituents is 1. The molecule has 0 radical (unpaired) electrons. The third-order valence-electron chi connectivity index (χ3n) is 5.63. The zero-order valence-electron chi connectivity index (χ0n) is 16.5. The minimum Gasteiger partial charge on any atom is -0.465 e. The van der Waals surface area contributed by atoms with Crippen LogP contribution in [0.25, 0.3) is 0 Å². The highest BCUT2D eigenvalue weighted by Crippen LogP contribution is 2.34. The molecule has 7 nitrogen and oxygen atoms in total. The molecule has 3 rings (SSSR count). The van der Waals surface area contributed by atoms with E-state index in [4.69, 9.17) is 0 Å². The first-order chi connectivity index (χ1) is 13.9. The number of nitrogens with zero attached hydrogens (tertiary/aromatic N) is 2. The van der Waals surface area contributed by atoms with Crippen molar-refractivity contribution in [1.82, 2.24) is 4.90 Å². The number of hydrogen-bond acceptors (Lipinski definition) is 5. The van der Waals surface area contributed by atoms with Crippen molar-refractivity contribution in [3.8, 4) is 0 Å². The minimum absolute atomic E-state index is 0.00812. The predicted molar refractivity (Wildman–Crippen MR) is 108 cm³/mol. The molecule has 7 heteroatoms. The summed E-state index contributed by atoms with van der Waals surface area (Å²) >= 11 is 0. The predicted octanol–water partition coefficient (Wildman–Crippen LogP) is 4.18. The van der Waals surface area contributed by atoms with E-state index in [-0.39, 0.29) is 28.8 Å². The average Bonchev–Trinajstić information content (AvgIpc) is 2.77. The Kier molecular flexibility index (Phi) is 6.26. The lowest BCUT2D eigenvalue weighted by molar-refractivity contribution is -0.384. The van der Waals surface area contributed by atoms with Gasteiger partial charge in [0, 0.05) is 30.8 Å². The van der Waals surface area contributed by atoms with E-state index in [1.54, 1.807) is 11.9 Å². The van der Waals surface area contributed by atoms with Crippen LogP contribution in [0.3, 0.4) is 0 Å². The second-order valence-electron chi connectivity index (χ2n) is 7.35. The Balaban J connectivity index is 1.74. The second kappa shape index (κ2) is 8.86. The standard InChI is InChI=1S/C22H24N2O5/c1-23(19-10-8-16(9-11-19)15-6-4-3-5-7-15)21(25)17-12-18(22(26)29-2)14-20(13-17)24(27)28/h3-7,12-14,16,19H,8-11H2,1-2H3. The molecule has 0 aromatic heterocycles. The molecule has 1 amide bonds. The van der Waals surface area contributed by atoms with Crippen molar-refractivity contribution in [3.63, 3.8) is 0 Å². The van der Waals surface area contributed by atoms with Crippen molar-refractivity contribution < 1.29 is 19.2 Å². The molecule has 152 valence electrons. The van der Waals surface area contributed by atoms with E-state index >= 15 is 0 Å². The van der Waals surface area contributed by atoms with Gasteiger partial charge in [0.05, 0.1) is 17.6 Å². The fourth-order valence-electron chi connectivity index (χ4n) is 3.97. The summed E-state index contributed by atoms with van der Waals surface area (Å²) in [4.78, 5) is 37.1. The minimum atomic E-state index is -0.714. The quantitative estimate of drug-likeness (QED) is 0.430. The Hall–Kier alpha value is -3.22. The highest BCUT2D eigenvalue weighted by atomic mass is 16.6. The number of carbonyl (C=O) groups excluding carboxylic acids is 2. The molecule has 2 aromatic rings. The summed E-state index contributed by atoms with van der Waals surface area (Å²) in [6.07, 6.45) is 3.68. The highest BCUT2D eigenvalue weighted by molar-refractivity contribution is 5.99. The van der Waals surface area contributed by atoms with Crippen LogP contribution in [0.2, 0.25) is 0 Å². The molecule has 0 bridgehead atoms. The van der Waals surface area contributed by atoms with E-state index in [1.165, 1.54) is 24.8 Å². The molecule has 1 aliphatic carbocycles. The topological polar surface area (TPSA) is 89.8 Å². The summed E-state index contributed by atoms with van der Waals surface area (Å²) < 4.78 is 4.65. The third-order valence-corrected chi connectivity index (χ3v) is 5.63. The van der Waals surface area contributed by atoms with Gasteiger partial charge in [-0.05, 0) is 43.2 Å². The van der Waals surface area contributed by atoms with Crippen LogP contribution in [-0.4, -0.2) is 41.9 Å². The Morgan fingerprint density at radius 3 is 2.24 bits per heavy atom. The van der Waals surface area contributed by atoms with Gasteiger partial charge in [-0.2, -0.15) is 0 Å². The lowest BCUT2D eigenvalue weighted by Gasteiger charge is -2.35. The van der Waals surface area contributed by atoms with E-state index < -0.39 is 10.9 Å². The first kappa shape index (κ1) is 20.5. The normalized spacial score (nSPS) is 18.7. The van der Waals surface area contributed by atoms with Gasteiger partial charge in [0.1, 0.15) is 0 Å².